The third-order valence-corrected chi connectivity index (χ3v) is 2.64. The molecule has 3 heteroatoms. The summed E-state index contributed by atoms with van der Waals surface area (Å²) in [6, 6.07) is 4.55. The molecule has 0 heterocycles. The van der Waals surface area contributed by atoms with Crippen molar-refractivity contribution in [1.82, 2.24) is 0 Å². The van der Waals surface area contributed by atoms with Crippen LogP contribution in [0.25, 0.3) is 0 Å². The van der Waals surface area contributed by atoms with E-state index in [1.807, 2.05) is 13.8 Å². The minimum atomic E-state index is -0.255. The molecule has 2 nitrogen and oxygen atoms in total. The highest BCUT2D eigenvalue weighted by Gasteiger charge is 2.06. The summed E-state index contributed by atoms with van der Waals surface area (Å²) in [6.45, 7) is 5.07. The molecule has 0 saturated carbocycles. The molecule has 0 aliphatic rings. The van der Waals surface area contributed by atoms with Crippen LogP contribution in [0.5, 0.6) is 0 Å². The molecular formula is C14H19FO2. The van der Waals surface area contributed by atoms with E-state index in [1.54, 1.807) is 6.07 Å². The number of carbonyl (C=O) groups excluding carboxylic acids is 1. The van der Waals surface area contributed by atoms with Gasteiger partial charge in [0.15, 0.2) is 0 Å². The molecule has 0 aliphatic heterocycles. The molecule has 94 valence electrons. The molecule has 0 atom stereocenters. The Morgan fingerprint density at radius 1 is 1.41 bits per heavy atom. The molecule has 0 radical (unpaired) electrons. The Balaban J connectivity index is 2.40. The number of ketones is 1. The Labute approximate surface area is 102 Å². The smallest absolute Gasteiger partial charge is 0.137 e. The lowest BCUT2D eigenvalue weighted by atomic mass is 10.0. The van der Waals surface area contributed by atoms with E-state index < -0.39 is 0 Å². The van der Waals surface area contributed by atoms with Crippen molar-refractivity contribution in [3.8, 4) is 0 Å². The predicted octanol–water partition coefficient (Wildman–Crippen LogP) is 3.06. The van der Waals surface area contributed by atoms with Gasteiger partial charge in [-0.2, -0.15) is 0 Å². The van der Waals surface area contributed by atoms with Gasteiger partial charge >= 0.3 is 0 Å². The summed E-state index contributed by atoms with van der Waals surface area (Å²) in [5, 5.41) is 0. The van der Waals surface area contributed by atoms with E-state index in [1.165, 1.54) is 12.1 Å². The minimum Gasteiger partial charge on any atom is -0.382 e. The number of ether oxygens (including phenoxy) is 1. The van der Waals surface area contributed by atoms with E-state index in [-0.39, 0.29) is 11.6 Å². The van der Waals surface area contributed by atoms with Gasteiger partial charge in [-0.05, 0) is 43.5 Å². The van der Waals surface area contributed by atoms with Crippen molar-refractivity contribution in [3.63, 3.8) is 0 Å². The molecule has 1 aromatic carbocycles. The summed E-state index contributed by atoms with van der Waals surface area (Å²) in [6.07, 6.45) is 1.67. The fourth-order valence-corrected chi connectivity index (χ4v) is 1.67. The number of hydrogen-bond acceptors (Lipinski definition) is 2. The molecule has 0 bridgehead atoms. The zero-order valence-electron chi connectivity index (χ0n) is 10.5. The van der Waals surface area contributed by atoms with Crippen LogP contribution in [0, 0.1) is 12.7 Å². The summed E-state index contributed by atoms with van der Waals surface area (Å²) < 4.78 is 18.0. The molecular weight excluding hydrogens is 219 g/mol. The Kier molecular flexibility index (Phi) is 5.84. The Morgan fingerprint density at radius 3 is 2.82 bits per heavy atom. The van der Waals surface area contributed by atoms with Gasteiger partial charge in [-0.3, -0.25) is 4.79 Å². The van der Waals surface area contributed by atoms with Crippen LogP contribution >= 0.6 is 0 Å². The number of Topliss-reactive ketones (excluding diaryl/α,β-unsaturated/α-hetero) is 1. The zero-order chi connectivity index (χ0) is 12.7. The summed E-state index contributed by atoms with van der Waals surface area (Å²) >= 11 is 0. The average Bonchev–Trinajstić information content (AvgIpc) is 2.28. The van der Waals surface area contributed by atoms with E-state index in [9.17, 15) is 9.18 Å². The molecule has 1 rings (SSSR count). The van der Waals surface area contributed by atoms with Gasteiger partial charge < -0.3 is 4.74 Å². The van der Waals surface area contributed by atoms with Gasteiger partial charge in [0, 0.05) is 26.1 Å². The number of aryl methyl sites for hydroxylation is 1. The van der Waals surface area contributed by atoms with Crippen molar-refractivity contribution < 1.29 is 13.9 Å². The van der Waals surface area contributed by atoms with Crippen LogP contribution in [-0.2, 0) is 16.0 Å². The Hall–Kier alpha value is -1.22. The first-order chi connectivity index (χ1) is 8.13. The lowest BCUT2D eigenvalue weighted by Gasteiger charge is -2.05. The van der Waals surface area contributed by atoms with Crippen LogP contribution in [0.1, 0.15) is 30.9 Å². The van der Waals surface area contributed by atoms with Crippen LogP contribution in [0.4, 0.5) is 4.39 Å². The number of halogens is 1. The van der Waals surface area contributed by atoms with Crippen molar-refractivity contribution in [2.24, 2.45) is 0 Å². The highest BCUT2D eigenvalue weighted by atomic mass is 19.1. The number of benzene rings is 1. The third-order valence-electron chi connectivity index (χ3n) is 2.64. The molecule has 0 fully saturated rings. The van der Waals surface area contributed by atoms with Crippen molar-refractivity contribution in [1.29, 1.82) is 0 Å². The largest absolute Gasteiger partial charge is 0.382 e. The van der Waals surface area contributed by atoms with Crippen molar-refractivity contribution in [3.05, 3.63) is 35.1 Å². The fourth-order valence-electron chi connectivity index (χ4n) is 1.67. The maximum absolute atomic E-state index is 12.9. The van der Waals surface area contributed by atoms with Crippen LogP contribution in [0.2, 0.25) is 0 Å². The number of hydrogen-bond donors (Lipinski definition) is 0. The van der Waals surface area contributed by atoms with E-state index in [4.69, 9.17) is 4.74 Å². The van der Waals surface area contributed by atoms with E-state index in [0.29, 0.717) is 26.1 Å². The highest BCUT2D eigenvalue weighted by molar-refractivity contribution is 5.81. The maximum atomic E-state index is 12.9. The van der Waals surface area contributed by atoms with Gasteiger partial charge in [0.25, 0.3) is 0 Å². The third kappa shape index (κ3) is 5.09. The van der Waals surface area contributed by atoms with Crippen LogP contribution in [-0.4, -0.2) is 19.0 Å². The topological polar surface area (TPSA) is 26.3 Å². The first-order valence-corrected chi connectivity index (χ1v) is 5.98. The van der Waals surface area contributed by atoms with Crippen molar-refractivity contribution >= 4 is 5.78 Å². The zero-order valence-corrected chi connectivity index (χ0v) is 10.5. The monoisotopic (exact) mass is 238 g/mol. The Bertz CT molecular complexity index is 374. The highest BCUT2D eigenvalue weighted by Crippen LogP contribution is 2.12. The fraction of sp³-hybridized carbons (Fsp3) is 0.500. The van der Waals surface area contributed by atoms with E-state index >= 15 is 0 Å². The molecule has 0 aliphatic carbocycles. The predicted molar refractivity (Wildman–Crippen MR) is 65.6 cm³/mol. The Morgan fingerprint density at radius 2 is 2.18 bits per heavy atom. The molecule has 17 heavy (non-hydrogen) atoms. The van der Waals surface area contributed by atoms with Gasteiger partial charge in [0.1, 0.15) is 11.6 Å². The normalized spacial score (nSPS) is 10.5. The second-order valence-electron chi connectivity index (χ2n) is 4.09. The second kappa shape index (κ2) is 7.17. The summed E-state index contributed by atoms with van der Waals surface area (Å²) in [7, 11) is 0. The lowest BCUT2D eigenvalue weighted by molar-refractivity contribution is -0.118. The van der Waals surface area contributed by atoms with E-state index in [0.717, 1.165) is 17.5 Å². The van der Waals surface area contributed by atoms with Gasteiger partial charge in [-0.15, -0.1) is 0 Å². The van der Waals surface area contributed by atoms with Gasteiger partial charge in [-0.25, -0.2) is 4.39 Å². The summed E-state index contributed by atoms with van der Waals surface area (Å²) in [4.78, 5) is 11.7. The van der Waals surface area contributed by atoms with Crippen LogP contribution in [0.15, 0.2) is 18.2 Å². The minimum absolute atomic E-state index is 0.180. The van der Waals surface area contributed by atoms with Crippen LogP contribution in [0.3, 0.4) is 0 Å². The first kappa shape index (κ1) is 13.8. The summed E-state index contributed by atoms with van der Waals surface area (Å²) in [5.74, 6) is -0.0746. The van der Waals surface area contributed by atoms with Crippen molar-refractivity contribution in [2.45, 2.75) is 33.1 Å². The van der Waals surface area contributed by atoms with Gasteiger partial charge in [-0.1, -0.05) is 6.07 Å². The number of rotatable bonds is 7. The first-order valence-electron chi connectivity index (χ1n) is 5.98. The van der Waals surface area contributed by atoms with Gasteiger partial charge in [0.2, 0.25) is 0 Å². The number of carbonyl (C=O) groups is 1. The molecule has 0 N–H and O–H groups in total. The second-order valence-corrected chi connectivity index (χ2v) is 4.09. The van der Waals surface area contributed by atoms with Crippen molar-refractivity contribution in [2.75, 3.05) is 13.2 Å². The quantitative estimate of drug-likeness (QED) is 0.682. The standard InChI is InChI=1S/C14H19FO2/c1-3-17-8-4-5-14(16)10-12-6-7-13(15)9-11(12)2/h6-7,9H,3-5,8,10H2,1-2H3. The molecule has 0 aromatic heterocycles. The maximum Gasteiger partial charge on any atom is 0.137 e. The summed E-state index contributed by atoms with van der Waals surface area (Å²) in [5.41, 5.74) is 1.75. The molecule has 0 unspecified atom stereocenters. The van der Waals surface area contributed by atoms with E-state index in [2.05, 4.69) is 0 Å². The van der Waals surface area contributed by atoms with Gasteiger partial charge in [0.05, 0.1) is 0 Å². The molecule has 0 amide bonds. The molecule has 1 aromatic rings. The molecule has 0 saturated heterocycles. The molecule has 0 spiro atoms. The SMILES string of the molecule is CCOCCCC(=O)Cc1ccc(F)cc1C. The van der Waals surface area contributed by atoms with Crippen LogP contribution < -0.4 is 0 Å². The average molecular weight is 238 g/mol. The lowest BCUT2D eigenvalue weighted by Crippen LogP contribution is -2.06.